The van der Waals surface area contributed by atoms with Gasteiger partial charge in [0.1, 0.15) is 0 Å². The largest absolute Gasteiger partial charge is 0.309 e. The second kappa shape index (κ2) is 13.6. The molecule has 16 aromatic rings. The maximum absolute atomic E-state index is 2.53. The van der Waals surface area contributed by atoms with Crippen LogP contribution in [0, 0.1) is 0 Å². The van der Waals surface area contributed by atoms with Gasteiger partial charge < -0.3 is 9.13 Å². The fourth-order valence-corrected chi connectivity index (χ4v) is 14.0. The Kier molecular flexibility index (Phi) is 7.40. The third-order valence-corrected chi connectivity index (χ3v) is 17.1. The summed E-state index contributed by atoms with van der Waals surface area (Å²) in [5.74, 6) is 0. The molecule has 16 rings (SSSR count). The molecule has 0 spiro atoms. The van der Waals surface area contributed by atoms with Crippen LogP contribution in [0.25, 0.3) is 150 Å². The quantitative estimate of drug-likeness (QED) is 0.156. The summed E-state index contributed by atoms with van der Waals surface area (Å²) in [6, 6.07) is 82.1. The predicted molar refractivity (Wildman–Crippen MR) is 296 cm³/mol. The van der Waals surface area contributed by atoms with Crippen molar-refractivity contribution in [1.29, 1.82) is 0 Å². The minimum atomic E-state index is 1.18. The van der Waals surface area contributed by atoms with E-state index in [0.29, 0.717) is 0 Å². The molecule has 0 amide bonds. The molecule has 0 saturated carbocycles. The normalized spacial score (nSPS) is 12.4. The van der Waals surface area contributed by atoms with Gasteiger partial charge in [-0.15, -0.1) is 22.7 Å². The lowest BCUT2D eigenvalue weighted by Gasteiger charge is -2.16. The Morgan fingerprint density at radius 2 is 0.735 bits per heavy atom. The van der Waals surface area contributed by atoms with Crippen LogP contribution in [0.4, 0.5) is 0 Å². The number of rotatable bonds is 3. The molecule has 0 fully saturated rings. The molecule has 0 saturated heterocycles. The summed E-state index contributed by atoms with van der Waals surface area (Å²) in [6.07, 6.45) is 0. The molecule has 0 radical (unpaired) electrons. The van der Waals surface area contributed by atoms with E-state index in [2.05, 4.69) is 228 Å². The minimum Gasteiger partial charge on any atom is -0.309 e. The smallest absolute Gasteiger partial charge is 0.0548 e. The predicted octanol–water partition coefficient (Wildman–Crippen LogP) is 18.9. The van der Waals surface area contributed by atoms with Crippen LogP contribution in [0.3, 0.4) is 0 Å². The maximum Gasteiger partial charge on any atom is 0.0548 e. The lowest BCUT2D eigenvalue weighted by Crippen LogP contribution is -1.96. The zero-order valence-electron chi connectivity index (χ0n) is 36.5. The number of aromatic nitrogens is 2. The second-order valence-electron chi connectivity index (χ2n) is 18.4. The molecule has 4 aromatic heterocycles. The Labute approximate surface area is 397 Å². The lowest BCUT2D eigenvalue weighted by atomic mass is 9.95. The van der Waals surface area contributed by atoms with Crippen molar-refractivity contribution in [3.8, 4) is 22.5 Å². The van der Waals surface area contributed by atoms with Crippen LogP contribution in [-0.2, 0) is 0 Å². The van der Waals surface area contributed by atoms with E-state index in [0.717, 1.165) is 0 Å². The molecule has 0 unspecified atom stereocenters. The number of fused-ring (bicyclic) bond motifs is 18. The first kappa shape index (κ1) is 36.9. The molecule has 0 aliphatic rings. The third-order valence-electron chi connectivity index (χ3n) is 14.8. The van der Waals surface area contributed by atoms with Gasteiger partial charge >= 0.3 is 0 Å². The highest BCUT2D eigenvalue weighted by Crippen LogP contribution is 2.45. The van der Waals surface area contributed by atoms with Crippen molar-refractivity contribution in [2.24, 2.45) is 0 Å². The maximum atomic E-state index is 2.53. The highest BCUT2D eigenvalue weighted by Gasteiger charge is 2.20. The van der Waals surface area contributed by atoms with E-state index in [1.807, 2.05) is 22.7 Å². The van der Waals surface area contributed by atoms with Crippen molar-refractivity contribution in [1.82, 2.24) is 9.13 Å². The standard InChI is InChI=1S/C64H36N2S2/c1-3-13-43-37(11-1)21-22-41-29-42(25-28-45(41)43)65-56-18-8-5-15-47(56)52-35-64-55(33-59(52)65)50-27-24-39(32-62(50)68-64)38-23-26-46-44-14-4-2-12-40(44)31-58(51(46)30-38)66-57-19-9-6-16-48(57)53-36-63-54(34-60(53)66)49-17-7-10-20-61(49)67-63/h1-36H. The highest BCUT2D eigenvalue weighted by atomic mass is 32.1. The Balaban J connectivity index is 0.888. The van der Waals surface area contributed by atoms with Crippen molar-refractivity contribution in [2.45, 2.75) is 0 Å². The van der Waals surface area contributed by atoms with Gasteiger partial charge in [0.25, 0.3) is 0 Å². The van der Waals surface area contributed by atoms with Gasteiger partial charge in [-0.2, -0.15) is 0 Å². The summed E-state index contributed by atoms with van der Waals surface area (Å²) in [5.41, 5.74) is 9.73. The highest BCUT2D eigenvalue weighted by molar-refractivity contribution is 7.26. The first-order valence-corrected chi connectivity index (χ1v) is 24.9. The van der Waals surface area contributed by atoms with Crippen LogP contribution in [-0.4, -0.2) is 9.13 Å². The van der Waals surface area contributed by atoms with Gasteiger partial charge in [0.2, 0.25) is 0 Å². The molecule has 0 atom stereocenters. The van der Waals surface area contributed by atoms with Crippen molar-refractivity contribution in [2.75, 3.05) is 0 Å². The monoisotopic (exact) mass is 896 g/mol. The summed E-state index contributed by atoms with van der Waals surface area (Å²) >= 11 is 3.79. The van der Waals surface area contributed by atoms with Crippen LogP contribution in [0.15, 0.2) is 218 Å². The van der Waals surface area contributed by atoms with E-state index in [1.54, 1.807) is 0 Å². The van der Waals surface area contributed by atoms with Gasteiger partial charge in [0.15, 0.2) is 0 Å². The van der Waals surface area contributed by atoms with Crippen molar-refractivity contribution < 1.29 is 0 Å². The zero-order valence-corrected chi connectivity index (χ0v) is 38.1. The molecule has 68 heavy (non-hydrogen) atoms. The fourth-order valence-electron chi connectivity index (χ4n) is 11.7. The Morgan fingerprint density at radius 3 is 1.50 bits per heavy atom. The summed E-state index contributed by atoms with van der Waals surface area (Å²) in [6.45, 7) is 0. The van der Waals surface area contributed by atoms with Crippen LogP contribution >= 0.6 is 22.7 Å². The summed E-state index contributed by atoms with van der Waals surface area (Å²) in [5, 5.41) is 20.5. The lowest BCUT2D eigenvalue weighted by molar-refractivity contribution is 1.19. The molecule has 0 N–H and O–H groups in total. The van der Waals surface area contributed by atoms with Gasteiger partial charge in [-0.25, -0.2) is 0 Å². The van der Waals surface area contributed by atoms with Crippen LogP contribution in [0.1, 0.15) is 0 Å². The Hall–Kier alpha value is -8.28. The zero-order chi connectivity index (χ0) is 44.2. The van der Waals surface area contributed by atoms with E-state index in [9.17, 15) is 0 Å². The number of benzene rings is 12. The van der Waals surface area contributed by atoms with Gasteiger partial charge in [-0.3, -0.25) is 0 Å². The van der Waals surface area contributed by atoms with Crippen LogP contribution in [0.5, 0.6) is 0 Å². The van der Waals surface area contributed by atoms with Gasteiger partial charge in [-0.1, -0.05) is 146 Å². The summed E-state index contributed by atoms with van der Waals surface area (Å²) in [4.78, 5) is 0. The average molecular weight is 897 g/mol. The molecule has 4 heterocycles. The third kappa shape index (κ3) is 5.11. The van der Waals surface area contributed by atoms with Crippen molar-refractivity contribution in [3.05, 3.63) is 218 Å². The fraction of sp³-hybridized carbons (Fsp3) is 0. The molecule has 314 valence electrons. The van der Waals surface area contributed by atoms with Crippen molar-refractivity contribution in [3.63, 3.8) is 0 Å². The summed E-state index contributed by atoms with van der Waals surface area (Å²) in [7, 11) is 0. The SMILES string of the molecule is c1ccc2c(c1)ccc1cc(-n3c4ccccc4c4cc5sc6cc(-c7ccc8c(c7)c(-n7c9ccccc9c9cc%10sc%11ccccc%11c%10cc97)cc7ccccc78)ccc6c5cc43)ccc12. The average Bonchev–Trinajstić information content (AvgIpc) is 4.13. The molecule has 12 aromatic carbocycles. The molecular weight excluding hydrogens is 861 g/mol. The van der Waals surface area contributed by atoms with Gasteiger partial charge in [-0.05, 0) is 122 Å². The van der Waals surface area contributed by atoms with E-state index in [-0.39, 0.29) is 0 Å². The van der Waals surface area contributed by atoms with Crippen LogP contribution in [0.2, 0.25) is 0 Å². The molecule has 2 nitrogen and oxygen atoms in total. The first-order valence-electron chi connectivity index (χ1n) is 23.3. The van der Waals surface area contributed by atoms with Crippen LogP contribution < -0.4 is 0 Å². The van der Waals surface area contributed by atoms with E-state index >= 15 is 0 Å². The van der Waals surface area contributed by atoms with Gasteiger partial charge in [0, 0.05) is 73.0 Å². The topological polar surface area (TPSA) is 9.86 Å². The molecule has 0 bridgehead atoms. The number of hydrogen-bond donors (Lipinski definition) is 0. The van der Waals surface area contributed by atoms with E-state index in [1.165, 1.54) is 150 Å². The Morgan fingerprint density at radius 1 is 0.235 bits per heavy atom. The molecular formula is C64H36N2S2. The second-order valence-corrected chi connectivity index (χ2v) is 20.6. The van der Waals surface area contributed by atoms with E-state index in [4.69, 9.17) is 0 Å². The van der Waals surface area contributed by atoms with Gasteiger partial charge in [0.05, 0.1) is 27.8 Å². The molecule has 4 heteroatoms. The number of thiophene rings is 2. The first-order chi connectivity index (χ1) is 33.7. The Bertz CT molecular complexity index is 4860. The molecule has 0 aliphatic carbocycles. The number of hydrogen-bond acceptors (Lipinski definition) is 2. The number of para-hydroxylation sites is 2. The van der Waals surface area contributed by atoms with E-state index < -0.39 is 0 Å². The van der Waals surface area contributed by atoms with Crippen molar-refractivity contribution >= 4 is 150 Å². The summed E-state index contributed by atoms with van der Waals surface area (Å²) < 4.78 is 10.3. The minimum absolute atomic E-state index is 1.18. The molecule has 0 aliphatic heterocycles. The number of nitrogens with zero attached hydrogens (tertiary/aromatic N) is 2.